The molecule has 1 atom stereocenters. The highest BCUT2D eigenvalue weighted by Gasteiger charge is 2.32. The molecule has 150 valence electrons. The first-order valence-electron chi connectivity index (χ1n) is 9.89. The van der Waals surface area contributed by atoms with Gasteiger partial charge in [0.05, 0.1) is 19.3 Å². The van der Waals surface area contributed by atoms with Gasteiger partial charge in [0, 0.05) is 17.0 Å². The van der Waals surface area contributed by atoms with Gasteiger partial charge in [-0.15, -0.1) is 11.3 Å². The second-order valence-corrected chi connectivity index (χ2v) is 8.33. The lowest BCUT2D eigenvalue weighted by Crippen LogP contribution is -2.36. The number of ether oxygens (including phenoxy) is 1. The molecule has 0 radical (unpaired) electrons. The number of carbonyl (C=O) groups excluding carboxylic acids is 1. The molecule has 2 heterocycles. The van der Waals surface area contributed by atoms with Crippen molar-refractivity contribution in [1.82, 2.24) is 0 Å². The van der Waals surface area contributed by atoms with Crippen molar-refractivity contribution in [2.75, 3.05) is 11.5 Å². The van der Waals surface area contributed by atoms with Gasteiger partial charge in [-0.25, -0.2) is 4.79 Å². The predicted molar refractivity (Wildman–Crippen MR) is 111 cm³/mol. The molecule has 3 rings (SSSR count). The maximum atomic E-state index is 12.4. The van der Waals surface area contributed by atoms with Crippen LogP contribution in [0.4, 0.5) is 5.69 Å². The molecule has 0 bridgehead atoms. The highest BCUT2D eigenvalue weighted by atomic mass is 32.1. The van der Waals surface area contributed by atoms with E-state index in [9.17, 15) is 9.59 Å². The Kier molecular flexibility index (Phi) is 7.23. The Bertz CT molecular complexity index is 799. The highest BCUT2D eigenvalue weighted by Crippen LogP contribution is 2.28. The van der Waals surface area contributed by atoms with E-state index in [1.165, 1.54) is 36.2 Å². The van der Waals surface area contributed by atoms with E-state index in [1.54, 1.807) is 12.1 Å². The van der Waals surface area contributed by atoms with Gasteiger partial charge in [-0.2, -0.15) is 0 Å². The molecule has 2 aromatic rings. The molecule has 1 aliphatic rings. The summed E-state index contributed by atoms with van der Waals surface area (Å²) in [6.45, 7) is 3.02. The van der Waals surface area contributed by atoms with Gasteiger partial charge >= 0.3 is 5.97 Å². The van der Waals surface area contributed by atoms with Crippen LogP contribution in [0.3, 0.4) is 0 Å². The van der Waals surface area contributed by atoms with Crippen LogP contribution in [0.15, 0.2) is 36.4 Å². The first kappa shape index (κ1) is 20.6. The van der Waals surface area contributed by atoms with Crippen LogP contribution in [-0.4, -0.2) is 29.6 Å². The maximum Gasteiger partial charge on any atom is 0.345 e. The van der Waals surface area contributed by atoms with Crippen LogP contribution in [0.5, 0.6) is 0 Å². The fraction of sp³-hybridized carbons (Fsp3) is 0.455. The number of nitrogens with zero attached hydrogens (tertiary/aromatic N) is 1. The molecule has 1 fully saturated rings. The van der Waals surface area contributed by atoms with E-state index in [1.807, 2.05) is 17.0 Å². The second-order valence-electron chi connectivity index (χ2n) is 7.17. The molecule has 6 heteroatoms. The SMILES string of the molecule is CCCCCc1ccc(N2C(=O)CCC2COCc2ccc(C(=O)O)s2)cc1. The monoisotopic (exact) mass is 401 g/mol. The molecule has 1 aromatic carbocycles. The number of carboxylic acid groups (broad SMARTS) is 1. The van der Waals surface area contributed by atoms with Crippen molar-refractivity contribution < 1.29 is 19.4 Å². The Balaban J connectivity index is 1.55. The second kappa shape index (κ2) is 9.85. The number of hydrogen-bond donors (Lipinski definition) is 1. The first-order valence-corrected chi connectivity index (χ1v) is 10.7. The molecule has 1 aromatic heterocycles. The third-order valence-corrected chi connectivity index (χ3v) is 6.08. The van der Waals surface area contributed by atoms with Crippen LogP contribution in [-0.2, 0) is 22.6 Å². The quantitative estimate of drug-likeness (QED) is 0.576. The summed E-state index contributed by atoms with van der Waals surface area (Å²) in [5.41, 5.74) is 2.24. The molecule has 1 amide bonds. The molecule has 1 aliphatic heterocycles. The standard InChI is InChI=1S/C22H27NO4S/c1-2-3-4-5-16-6-8-17(9-7-16)23-18(10-13-21(23)24)14-27-15-19-11-12-20(28-19)22(25)26/h6-9,11-12,18H,2-5,10,13-15H2,1H3,(H,25,26). The molecule has 0 spiro atoms. The average molecular weight is 402 g/mol. The predicted octanol–water partition coefficient (Wildman–Crippen LogP) is 4.89. The van der Waals surface area contributed by atoms with Gasteiger partial charge in [-0.1, -0.05) is 31.9 Å². The van der Waals surface area contributed by atoms with Crippen LogP contribution in [0.1, 0.15) is 59.1 Å². The fourth-order valence-corrected chi connectivity index (χ4v) is 4.31. The molecule has 5 nitrogen and oxygen atoms in total. The van der Waals surface area contributed by atoms with Gasteiger partial charge in [-0.3, -0.25) is 4.79 Å². The van der Waals surface area contributed by atoms with Gasteiger partial charge in [0.2, 0.25) is 5.91 Å². The normalized spacial score (nSPS) is 16.7. The lowest BCUT2D eigenvalue weighted by molar-refractivity contribution is -0.117. The van der Waals surface area contributed by atoms with E-state index in [2.05, 4.69) is 19.1 Å². The Morgan fingerprint density at radius 3 is 2.68 bits per heavy atom. The minimum atomic E-state index is -0.915. The molecule has 0 saturated carbocycles. The van der Waals surface area contributed by atoms with E-state index in [0.29, 0.717) is 24.5 Å². The van der Waals surface area contributed by atoms with E-state index >= 15 is 0 Å². The number of unbranched alkanes of at least 4 members (excludes halogenated alkanes) is 2. The maximum absolute atomic E-state index is 12.4. The van der Waals surface area contributed by atoms with E-state index < -0.39 is 5.97 Å². The molecule has 1 saturated heterocycles. The van der Waals surface area contributed by atoms with Crippen LogP contribution >= 0.6 is 11.3 Å². The summed E-state index contributed by atoms with van der Waals surface area (Å²) in [5, 5.41) is 8.99. The van der Waals surface area contributed by atoms with Crippen molar-refractivity contribution in [2.24, 2.45) is 0 Å². The Hall–Kier alpha value is -2.18. The first-order chi connectivity index (χ1) is 13.6. The molecule has 0 aliphatic carbocycles. The lowest BCUT2D eigenvalue weighted by atomic mass is 10.1. The van der Waals surface area contributed by atoms with Crippen LogP contribution in [0.2, 0.25) is 0 Å². The summed E-state index contributed by atoms with van der Waals surface area (Å²) < 4.78 is 5.81. The number of benzene rings is 1. The highest BCUT2D eigenvalue weighted by molar-refractivity contribution is 7.13. The Labute approximate surface area is 169 Å². The van der Waals surface area contributed by atoms with Crippen molar-refractivity contribution in [3.05, 3.63) is 51.7 Å². The summed E-state index contributed by atoms with van der Waals surface area (Å²) >= 11 is 1.23. The smallest absolute Gasteiger partial charge is 0.345 e. The third kappa shape index (κ3) is 5.20. The van der Waals surface area contributed by atoms with Gasteiger partial charge in [0.15, 0.2) is 0 Å². The van der Waals surface area contributed by atoms with Crippen LogP contribution in [0, 0.1) is 0 Å². The number of aryl methyl sites for hydroxylation is 1. The number of anilines is 1. The van der Waals surface area contributed by atoms with Crippen molar-refractivity contribution in [3.63, 3.8) is 0 Å². The minimum absolute atomic E-state index is 0.0253. The van der Waals surface area contributed by atoms with Crippen molar-refractivity contribution in [2.45, 2.75) is 58.1 Å². The number of carboxylic acids is 1. The largest absolute Gasteiger partial charge is 0.477 e. The number of thiophene rings is 1. The summed E-state index contributed by atoms with van der Waals surface area (Å²) in [5.74, 6) is -0.779. The summed E-state index contributed by atoms with van der Waals surface area (Å²) in [7, 11) is 0. The summed E-state index contributed by atoms with van der Waals surface area (Å²) in [6.07, 6.45) is 6.04. The van der Waals surface area contributed by atoms with E-state index in [-0.39, 0.29) is 11.9 Å². The number of aromatic carboxylic acids is 1. The lowest BCUT2D eigenvalue weighted by Gasteiger charge is -2.25. The molecule has 28 heavy (non-hydrogen) atoms. The zero-order valence-corrected chi connectivity index (χ0v) is 17.0. The molecular formula is C22H27NO4S. The van der Waals surface area contributed by atoms with Crippen LogP contribution < -0.4 is 4.90 Å². The molecule has 1 unspecified atom stereocenters. The zero-order valence-electron chi connectivity index (χ0n) is 16.2. The molecule has 1 N–H and O–H groups in total. The number of amides is 1. The van der Waals surface area contributed by atoms with Gasteiger partial charge < -0.3 is 14.7 Å². The Morgan fingerprint density at radius 1 is 1.21 bits per heavy atom. The Morgan fingerprint density at radius 2 is 2.00 bits per heavy atom. The van der Waals surface area contributed by atoms with Crippen molar-refractivity contribution in [1.29, 1.82) is 0 Å². The number of carbonyl (C=O) groups is 2. The average Bonchev–Trinajstić information content (AvgIpc) is 3.30. The number of hydrogen-bond acceptors (Lipinski definition) is 4. The van der Waals surface area contributed by atoms with Gasteiger partial charge in [0.1, 0.15) is 4.88 Å². The van der Waals surface area contributed by atoms with E-state index in [0.717, 1.165) is 23.4 Å². The van der Waals surface area contributed by atoms with Crippen molar-refractivity contribution >= 4 is 28.9 Å². The van der Waals surface area contributed by atoms with E-state index in [4.69, 9.17) is 9.84 Å². The van der Waals surface area contributed by atoms with Gasteiger partial charge in [0.25, 0.3) is 0 Å². The van der Waals surface area contributed by atoms with Crippen molar-refractivity contribution in [3.8, 4) is 0 Å². The molecular weight excluding hydrogens is 374 g/mol. The minimum Gasteiger partial charge on any atom is -0.477 e. The summed E-state index contributed by atoms with van der Waals surface area (Å²) in [6, 6.07) is 11.7. The topological polar surface area (TPSA) is 66.8 Å². The third-order valence-electron chi connectivity index (χ3n) is 5.04. The summed E-state index contributed by atoms with van der Waals surface area (Å²) in [4.78, 5) is 26.4. The zero-order chi connectivity index (χ0) is 19.9. The number of rotatable bonds is 10. The van der Waals surface area contributed by atoms with Crippen LogP contribution in [0.25, 0.3) is 0 Å². The van der Waals surface area contributed by atoms with Gasteiger partial charge in [-0.05, 0) is 49.1 Å². The fourth-order valence-electron chi connectivity index (χ4n) is 3.52.